The Morgan fingerprint density at radius 3 is 2.83 bits per heavy atom. The number of benzene rings is 2. The average Bonchev–Trinajstić information content (AvgIpc) is 2.81. The van der Waals surface area contributed by atoms with Crippen LogP contribution in [0.15, 0.2) is 53.5 Å². The van der Waals surface area contributed by atoms with Crippen LogP contribution in [0.4, 0.5) is 11.4 Å². The van der Waals surface area contributed by atoms with Gasteiger partial charge in [-0.1, -0.05) is 30.3 Å². The first-order chi connectivity index (χ1) is 11.8. The number of piperazine rings is 1. The maximum atomic E-state index is 5.41. The van der Waals surface area contributed by atoms with E-state index in [1.54, 1.807) is 7.11 Å². The summed E-state index contributed by atoms with van der Waals surface area (Å²) in [5, 5.41) is 0. The molecule has 0 aliphatic carbocycles. The van der Waals surface area contributed by atoms with Crippen LogP contribution in [0.2, 0.25) is 0 Å². The van der Waals surface area contributed by atoms with Crippen molar-refractivity contribution in [2.75, 3.05) is 31.6 Å². The second-order valence-electron chi connectivity index (χ2n) is 6.47. The summed E-state index contributed by atoms with van der Waals surface area (Å²) in [5.41, 5.74) is 3.64. The predicted molar refractivity (Wildman–Crippen MR) is 98.6 cm³/mol. The first-order valence-electron chi connectivity index (χ1n) is 8.57. The van der Waals surface area contributed by atoms with Crippen molar-refractivity contribution in [2.45, 2.75) is 19.0 Å². The van der Waals surface area contributed by atoms with Crippen molar-refractivity contribution in [3.8, 4) is 5.75 Å². The van der Waals surface area contributed by atoms with E-state index >= 15 is 0 Å². The maximum Gasteiger partial charge on any atom is 0.121 e. The summed E-state index contributed by atoms with van der Waals surface area (Å²) in [5.74, 6) is 0.899. The number of hydrogen-bond acceptors (Lipinski definition) is 4. The first kappa shape index (κ1) is 15.2. The smallest absolute Gasteiger partial charge is 0.121 e. The Bertz CT molecular complexity index is 729. The van der Waals surface area contributed by atoms with Crippen molar-refractivity contribution in [1.82, 2.24) is 4.90 Å². The quantitative estimate of drug-likeness (QED) is 0.866. The molecule has 1 atom stereocenters. The topological polar surface area (TPSA) is 28.1 Å². The lowest BCUT2D eigenvalue weighted by Crippen LogP contribution is -2.52. The Morgan fingerprint density at radius 2 is 2.00 bits per heavy atom. The number of rotatable bonds is 3. The normalized spacial score (nSPS) is 20.2. The fraction of sp³-hybridized carbons (Fsp3) is 0.350. The fourth-order valence-electron chi connectivity index (χ4n) is 3.67. The zero-order valence-electron chi connectivity index (χ0n) is 14.1. The van der Waals surface area contributed by atoms with E-state index in [0.717, 1.165) is 44.0 Å². The van der Waals surface area contributed by atoms with E-state index in [1.807, 2.05) is 6.07 Å². The highest BCUT2D eigenvalue weighted by atomic mass is 16.5. The monoisotopic (exact) mass is 321 g/mol. The van der Waals surface area contributed by atoms with Crippen LogP contribution < -0.4 is 9.64 Å². The van der Waals surface area contributed by atoms with Gasteiger partial charge in [-0.25, -0.2) is 0 Å². The molecular formula is C20H23N3O. The van der Waals surface area contributed by atoms with Gasteiger partial charge in [0.2, 0.25) is 0 Å². The molecule has 1 saturated heterocycles. The van der Waals surface area contributed by atoms with Gasteiger partial charge >= 0.3 is 0 Å². The molecule has 2 aliphatic rings. The van der Waals surface area contributed by atoms with Crippen molar-refractivity contribution in [3.63, 3.8) is 0 Å². The Balaban J connectivity index is 1.54. The van der Waals surface area contributed by atoms with E-state index in [1.165, 1.54) is 11.3 Å². The van der Waals surface area contributed by atoms with Crippen molar-refractivity contribution in [1.29, 1.82) is 0 Å². The highest BCUT2D eigenvalue weighted by molar-refractivity contribution is 5.78. The zero-order valence-corrected chi connectivity index (χ0v) is 14.1. The molecule has 0 amide bonds. The molecule has 4 rings (SSSR count). The van der Waals surface area contributed by atoms with Crippen molar-refractivity contribution >= 4 is 17.6 Å². The molecule has 4 nitrogen and oxygen atoms in total. The third-order valence-electron chi connectivity index (χ3n) is 4.92. The standard InChI is InChI=1S/C20H23N3O/c1-24-18-7-8-19-20(13-18)23-12-11-22(15-17(23)9-10-21-19)14-16-5-3-2-4-6-16/h2-8,10,13,17H,9,11-12,14-15H2,1H3/t17-/m0/s1. The van der Waals surface area contributed by atoms with Gasteiger partial charge in [0.25, 0.3) is 0 Å². The predicted octanol–water partition coefficient (Wildman–Crippen LogP) is 3.49. The van der Waals surface area contributed by atoms with E-state index in [4.69, 9.17) is 4.74 Å². The van der Waals surface area contributed by atoms with Crippen LogP contribution in [0.5, 0.6) is 5.75 Å². The summed E-state index contributed by atoms with van der Waals surface area (Å²) in [4.78, 5) is 9.71. The average molecular weight is 321 g/mol. The summed E-state index contributed by atoms with van der Waals surface area (Å²) in [6, 6.07) is 17.4. The summed E-state index contributed by atoms with van der Waals surface area (Å²) >= 11 is 0. The van der Waals surface area contributed by atoms with Gasteiger partial charge in [-0.05, 0) is 17.7 Å². The van der Waals surface area contributed by atoms with Gasteiger partial charge in [0.05, 0.1) is 18.5 Å². The Labute approximate surface area is 143 Å². The molecule has 0 saturated carbocycles. The van der Waals surface area contributed by atoms with Crippen LogP contribution in [-0.2, 0) is 6.54 Å². The SMILES string of the molecule is COc1ccc2c(c1)N1CCN(Cc3ccccc3)C[C@@H]1CC=N2. The van der Waals surface area contributed by atoms with Crippen LogP contribution in [0.3, 0.4) is 0 Å². The minimum atomic E-state index is 0.472. The van der Waals surface area contributed by atoms with Crippen LogP contribution >= 0.6 is 0 Å². The molecule has 0 spiro atoms. The molecule has 2 aliphatic heterocycles. The van der Waals surface area contributed by atoms with Gasteiger partial charge in [0.15, 0.2) is 0 Å². The van der Waals surface area contributed by atoms with Crippen LogP contribution in [-0.4, -0.2) is 43.9 Å². The number of ether oxygens (including phenoxy) is 1. The minimum absolute atomic E-state index is 0.472. The van der Waals surface area contributed by atoms with E-state index in [9.17, 15) is 0 Å². The molecule has 4 heteroatoms. The highest BCUT2D eigenvalue weighted by Crippen LogP contribution is 2.37. The second-order valence-corrected chi connectivity index (χ2v) is 6.47. The third-order valence-corrected chi connectivity index (χ3v) is 4.92. The lowest BCUT2D eigenvalue weighted by atomic mass is 10.1. The number of fused-ring (bicyclic) bond motifs is 3. The molecule has 124 valence electrons. The lowest BCUT2D eigenvalue weighted by molar-refractivity contribution is 0.217. The maximum absolute atomic E-state index is 5.41. The molecule has 0 N–H and O–H groups in total. The van der Waals surface area contributed by atoms with Crippen molar-refractivity contribution in [3.05, 3.63) is 54.1 Å². The van der Waals surface area contributed by atoms with E-state index < -0.39 is 0 Å². The summed E-state index contributed by atoms with van der Waals surface area (Å²) < 4.78 is 5.41. The van der Waals surface area contributed by atoms with Crippen molar-refractivity contribution < 1.29 is 4.74 Å². The number of nitrogens with zero attached hydrogens (tertiary/aromatic N) is 3. The summed E-state index contributed by atoms with van der Waals surface area (Å²) in [7, 11) is 1.72. The molecule has 2 heterocycles. The van der Waals surface area contributed by atoms with E-state index in [0.29, 0.717) is 6.04 Å². The Kier molecular flexibility index (Phi) is 4.22. The first-order valence-corrected chi connectivity index (χ1v) is 8.57. The molecule has 0 unspecified atom stereocenters. The van der Waals surface area contributed by atoms with Gasteiger partial charge in [0.1, 0.15) is 5.75 Å². The second kappa shape index (κ2) is 6.65. The lowest BCUT2D eigenvalue weighted by Gasteiger charge is -2.42. The third kappa shape index (κ3) is 3.02. The molecule has 0 radical (unpaired) electrons. The number of hydrogen-bond donors (Lipinski definition) is 0. The Hall–Kier alpha value is -2.33. The largest absolute Gasteiger partial charge is 0.497 e. The van der Waals surface area contributed by atoms with Crippen LogP contribution in [0.25, 0.3) is 0 Å². The molecular weight excluding hydrogens is 298 g/mol. The zero-order chi connectivity index (χ0) is 16.4. The van der Waals surface area contributed by atoms with Gasteiger partial charge in [0, 0.05) is 50.9 Å². The molecule has 0 aromatic heterocycles. The van der Waals surface area contributed by atoms with Gasteiger partial charge in [-0.2, -0.15) is 0 Å². The Morgan fingerprint density at radius 1 is 1.12 bits per heavy atom. The van der Waals surface area contributed by atoms with E-state index in [2.05, 4.69) is 63.5 Å². The minimum Gasteiger partial charge on any atom is -0.497 e. The summed E-state index contributed by atoms with van der Waals surface area (Å²) in [6.45, 7) is 4.19. The fourth-order valence-corrected chi connectivity index (χ4v) is 3.67. The highest BCUT2D eigenvalue weighted by Gasteiger charge is 2.29. The van der Waals surface area contributed by atoms with Crippen LogP contribution in [0, 0.1) is 0 Å². The molecule has 2 aromatic carbocycles. The number of aliphatic imine (C=N–C) groups is 1. The molecule has 0 bridgehead atoms. The van der Waals surface area contributed by atoms with E-state index in [-0.39, 0.29) is 0 Å². The number of methoxy groups -OCH3 is 1. The van der Waals surface area contributed by atoms with Crippen LogP contribution in [0.1, 0.15) is 12.0 Å². The van der Waals surface area contributed by atoms with Gasteiger partial charge < -0.3 is 9.64 Å². The van der Waals surface area contributed by atoms with Gasteiger partial charge in [-0.3, -0.25) is 9.89 Å². The molecule has 24 heavy (non-hydrogen) atoms. The van der Waals surface area contributed by atoms with Crippen molar-refractivity contribution in [2.24, 2.45) is 4.99 Å². The number of anilines is 1. The molecule has 1 fully saturated rings. The van der Waals surface area contributed by atoms with Gasteiger partial charge in [-0.15, -0.1) is 0 Å². The summed E-state index contributed by atoms with van der Waals surface area (Å²) in [6.07, 6.45) is 3.06. The molecule has 2 aromatic rings.